The fraction of sp³-hybridized carbons (Fsp3) is 0.467. The van der Waals surface area contributed by atoms with Gasteiger partial charge >= 0.3 is 0 Å². The zero-order valence-electron chi connectivity index (χ0n) is 21.7. The smallest absolute Gasteiger partial charge is 0.261 e. The van der Waals surface area contributed by atoms with E-state index in [9.17, 15) is 19.2 Å². The van der Waals surface area contributed by atoms with Gasteiger partial charge in [-0.3, -0.25) is 24.1 Å². The lowest BCUT2D eigenvalue weighted by Crippen LogP contribution is -2.52. The number of benzene rings is 2. The SMILES string of the molecule is CCC(C(=O)NC1CCCCC1)N(CCc1ccccc1)C(=O)CCCN1C(=O)c2ccccc2C1=O. The summed E-state index contributed by atoms with van der Waals surface area (Å²) >= 11 is 0. The molecule has 0 aromatic heterocycles. The molecule has 0 bridgehead atoms. The minimum absolute atomic E-state index is 0.0869. The number of hydrogen-bond donors (Lipinski definition) is 1. The van der Waals surface area contributed by atoms with Crippen LogP contribution in [0.1, 0.15) is 84.6 Å². The molecule has 1 fully saturated rings. The number of nitrogens with zero attached hydrogens (tertiary/aromatic N) is 2. The zero-order valence-corrected chi connectivity index (χ0v) is 21.7. The Balaban J connectivity index is 1.40. The Labute approximate surface area is 219 Å². The highest BCUT2D eigenvalue weighted by Gasteiger charge is 2.35. The standard InChI is InChI=1S/C30H37N3O4/c1-2-26(28(35)31-23-14-7-4-8-15-23)32(21-19-22-12-5-3-6-13-22)27(34)18-11-20-33-29(36)24-16-9-10-17-25(24)30(33)37/h3,5-6,9-10,12-13,16-17,23,26H,2,4,7-8,11,14-15,18-21H2,1H3,(H,31,35). The minimum atomic E-state index is -0.544. The van der Waals surface area contributed by atoms with E-state index < -0.39 is 6.04 Å². The third kappa shape index (κ3) is 6.45. The quantitative estimate of drug-likeness (QED) is 0.462. The van der Waals surface area contributed by atoms with Gasteiger partial charge in [0.15, 0.2) is 0 Å². The Hall–Kier alpha value is -3.48. The first kappa shape index (κ1) is 26.6. The van der Waals surface area contributed by atoms with E-state index >= 15 is 0 Å². The fourth-order valence-electron chi connectivity index (χ4n) is 5.41. The Morgan fingerprint density at radius 3 is 2.19 bits per heavy atom. The summed E-state index contributed by atoms with van der Waals surface area (Å²) in [5, 5.41) is 3.20. The molecule has 1 atom stereocenters. The number of rotatable bonds is 11. The molecule has 0 saturated heterocycles. The largest absolute Gasteiger partial charge is 0.352 e. The molecule has 4 amide bonds. The second-order valence-electron chi connectivity index (χ2n) is 10.0. The van der Waals surface area contributed by atoms with Crippen LogP contribution in [0.25, 0.3) is 0 Å². The topological polar surface area (TPSA) is 86.8 Å². The number of carbonyl (C=O) groups is 4. The molecule has 37 heavy (non-hydrogen) atoms. The molecule has 7 heteroatoms. The molecule has 1 aliphatic carbocycles. The molecule has 2 aromatic rings. The normalized spacial score (nSPS) is 16.4. The number of nitrogens with one attached hydrogen (secondary N) is 1. The summed E-state index contributed by atoms with van der Waals surface area (Å²) in [5.41, 5.74) is 1.93. The molecule has 1 heterocycles. The summed E-state index contributed by atoms with van der Waals surface area (Å²) in [7, 11) is 0. The molecule has 4 rings (SSSR count). The van der Waals surface area contributed by atoms with Crippen LogP contribution in [0, 0.1) is 0 Å². The van der Waals surface area contributed by atoms with Crippen molar-refractivity contribution in [1.82, 2.24) is 15.1 Å². The highest BCUT2D eigenvalue weighted by atomic mass is 16.2. The summed E-state index contributed by atoms with van der Waals surface area (Å²) in [5.74, 6) is -0.839. The summed E-state index contributed by atoms with van der Waals surface area (Å²) in [6.45, 7) is 2.55. The second kappa shape index (κ2) is 12.7. The minimum Gasteiger partial charge on any atom is -0.352 e. The molecule has 7 nitrogen and oxygen atoms in total. The number of carbonyl (C=O) groups excluding carboxylic acids is 4. The van der Waals surface area contributed by atoms with Crippen LogP contribution in [0.3, 0.4) is 0 Å². The van der Waals surface area contributed by atoms with Gasteiger partial charge in [0.05, 0.1) is 11.1 Å². The van der Waals surface area contributed by atoms with Crippen molar-refractivity contribution in [3.8, 4) is 0 Å². The van der Waals surface area contributed by atoms with E-state index in [2.05, 4.69) is 5.32 Å². The van der Waals surface area contributed by atoms with E-state index in [1.54, 1.807) is 29.2 Å². The average Bonchev–Trinajstić information content (AvgIpc) is 3.17. The molecule has 196 valence electrons. The van der Waals surface area contributed by atoms with Gasteiger partial charge < -0.3 is 10.2 Å². The summed E-state index contributed by atoms with van der Waals surface area (Å²) < 4.78 is 0. The van der Waals surface area contributed by atoms with Crippen LogP contribution in [-0.4, -0.2) is 58.6 Å². The van der Waals surface area contributed by atoms with Crippen LogP contribution >= 0.6 is 0 Å². The molecule has 1 aliphatic heterocycles. The van der Waals surface area contributed by atoms with Gasteiger partial charge in [-0.25, -0.2) is 0 Å². The maximum atomic E-state index is 13.5. The van der Waals surface area contributed by atoms with Crippen molar-refractivity contribution >= 4 is 23.6 Å². The second-order valence-corrected chi connectivity index (χ2v) is 10.0. The van der Waals surface area contributed by atoms with Crippen LogP contribution in [-0.2, 0) is 16.0 Å². The van der Waals surface area contributed by atoms with E-state index in [0.717, 1.165) is 31.2 Å². The summed E-state index contributed by atoms with van der Waals surface area (Å²) in [4.78, 5) is 55.0. The average molecular weight is 504 g/mol. The molecule has 1 N–H and O–H groups in total. The third-order valence-electron chi connectivity index (χ3n) is 7.47. The van der Waals surface area contributed by atoms with Gasteiger partial charge in [-0.15, -0.1) is 0 Å². The van der Waals surface area contributed by atoms with Crippen LogP contribution in [0.5, 0.6) is 0 Å². The van der Waals surface area contributed by atoms with E-state index in [1.165, 1.54) is 11.3 Å². The van der Waals surface area contributed by atoms with E-state index in [0.29, 0.717) is 36.9 Å². The number of imide groups is 1. The highest BCUT2D eigenvalue weighted by Crippen LogP contribution is 2.23. The van der Waals surface area contributed by atoms with Crippen molar-refractivity contribution in [2.75, 3.05) is 13.1 Å². The van der Waals surface area contributed by atoms with Crippen molar-refractivity contribution in [2.45, 2.75) is 76.8 Å². The first-order valence-electron chi connectivity index (χ1n) is 13.6. The Morgan fingerprint density at radius 2 is 1.57 bits per heavy atom. The predicted octanol–water partition coefficient (Wildman–Crippen LogP) is 4.36. The van der Waals surface area contributed by atoms with Gasteiger partial charge in [-0.05, 0) is 49.8 Å². The van der Waals surface area contributed by atoms with Gasteiger partial charge in [-0.2, -0.15) is 0 Å². The lowest BCUT2D eigenvalue weighted by molar-refractivity contribution is -0.141. The fourth-order valence-corrected chi connectivity index (χ4v) is 5.41. The summed E-state index contributed by atoms with van der Waals surface area (Å²) in [6, 6.07) is 16.4. The Morgan fingerprint density at radius 1 is 0.946 bits per heavy atom. The maximum Gasteiger partial charge on any atom is 0.261 e. The lowest BCUT2D eigenvalue weighted by atomic mass is 9.95. The number of hydrogen-bond acceptors (Lipinski definition) is 4. The first-order valence-corrected chi connectivity index (χ1v) is 13.6. The Bertz CT molecular complexity index is 1080. The van der Waals surface area contributed by atoms with Crippen LogP contribution < -0.4 is 5.32 Å². The zero-order chi connectivity index (χ0) is 26.2. The molecule has 0 radical (unpaired) electrons. The molecule has 2 aromatic carbocycles. The van der Waals surface area contributed by atoms with Crippen molar-refractivity contribution < 1.29 is 19.2 Å². The third-order valence-corrected chi connectivity index (χ3v) is 7.47. The van der Waals surface area contributed by atoms with Gasteiger partial charge in [0, 0.05) is 25.6 Å². The van der Waals surface area contributed by atoms with Gasteiger partial charge in [0.25, 0.3) is 11.8 Å². The van der Waals surface area contributed by atoms with Gasteiger partial charge in [0.1, 0.15) is 6.04 Å². The van der Waals surface area contributed by atoms with Gasteiger partial charge in [0.2, 0.25) is 11.8 Å². The molecular weight excluding hydrogens is 466 g/mol. The van der Waals surface area contributed by atoms with Crippen molar-refractivity contribution in [1.29, 1.82) is 0 Å². The Kier molecular flexibility index (Phi) is 9.09. The van der Waals surface area contributed by atoms with E-state index in [-0.39, 0.29) is 42.6 Å². The van der Waals surface area contributed by atoms with Gasteiger partial charge in [-0.1, -0.05) is 68.7 Å². The first-order chi connectivity index (χ1) is 18.0. The molecule has 2 aliphatic rings. The van der Waals surface area contributed by atoms with E-state index in [1.807, 2.05) is 37.3 Å². The molecule has 0 spiro atoms. The van der Waals surface area contributed by atoms with Crippen molar-refractivity contribution in [3.05, 3.63) is 71.3 Å². The van der Waals surface area contributed by atoms with Crippen LogP contribution in [0.4, 0.5) is 0 Å². The van der Waals surface area contributed by atoms with E-state index in [4.69, 9.17) is 0 Å². The lowest BCUT2D eigenvalue weighted by Gasteiger charge is -2.33. The van der Waals surface area contributed by atoms with Crippen molar-refractivity contribution in [3.63, 3.8) is 0 Å². The summed E-state index contributed by atoms with van der Waals surface area (Å²) in [6.07, 6.45) is 7.11. The number of amides is 4. The highest BCUT2D eigenvalue weighted by molar-refractivity contribution is 6.21. The molecular formula is C30H37N3O4. The molecule has 1 saturated carbocycles. The number of fused-ring (bicyclic) bond motifs is 1. The predicted molar refractivity (Wildman–Crippen MR) is 142 cm³/mol. The van der Waals surface area contributed by atoms with Crippen molar-refractivity contribution in [2.24, 2.45) is 0 Å². The van der Waals surface area contributed by atoms with Crippen LogP contribution in [0.15, 0.2) is 54.6 Å². The van der Waals surface area contributed by atoms with Crippen LogP contribution in [0.2, 0.25) is 0 Å². The molecule has 1 unspecified atom stereocenters. The maximum absolute atomic E-state index is 13.5. The monoisotopic (exact) mass is 503 g/mol.